The Morgan fingerprint density at radius 1 is 1.07 bits per heavy atom. The summed E-state index contributed by atoms with van der Waals surface area (Å²) in [6.07, 6.45) is -4.55. The first-order valence-electron chi connectivity index (χ1n) is 8.22. The molecule has 1 heterocycles. The van der Waals surface area contributed by atoms with Gasteiger partial charge < -0.3 is 10.6 Å². The van der Waals surface area contributed by atoms with E-state index in [2.05, 4.69) is 20.8 Å². The summed E-state index contributed by atoms with van der Waals surface area (Å²) in [5.41, 5.74) is -0.329. The summed E-state index contributed by atoms with van der Waals surface area (Å²) >= 11 is 2.27. The maximum absolute atomic E-state index is 13.0. The molecule has 0 aliphatic heterocycles. The van der Waals surface area contributed by atoms with Crippen LogP contribution in [0.2, 0.25) is 0 Å². The van der Waals surface area contributed by atoms with Gasteiger partial charge >= 0.3 is 6.18 Å². The highest BCUT2D eigenvalue weighted by atomic mass is 32.2. The molecule has 3 aromatic rings. The predicted octanol–water partition coefficient (Wildman–Crippen LogP) is 5.04. The van der Waals surface area contributed by atoms with E-state index in [4.69, 9.17) is 0 Å². The van der Waals surface area contributed by atoms with Crippen molar-refractivity contribution >= 4 is 39.8 Å². The Hall–Kier alpha value is -2.66. The first kappa shape index (κ1) is 21.1. The second-order valence-corrected chi connectivity index (χ2v) is 7.93. The lowest BCUT2D eigenvalue weighted by molar-refractivity contribution is -0.137. The van der Waals surface area contributed by atoms with Crippen LogP contribution in [0.1, 0.15) is 11.1 Å². The lowest BCUT2D eigenvalue weighted by Crippen LogP contribution is -2.18. The van der Waals surface area contributed by atoms with Crippen molar-refractivity contribution < 1.29 is 22.4 Å². The van der Waals surface area contributed by atoms with Gasteiger partial charge in [-0.05, 0) is 29.8 Å². The Labute approximate surface area is 171 Å². The lowest BCUT2D eigenvalue weighted by atomic mass is 10.1. The minimum atomic E-state index is -4.55. The zero-order chi connectivity index (χ0) is 20.9. The van der Waals surface area contributed by atoms with Crippen molar-refractivity contribution in [1.29, 1.82) is 0 Å². The molecule has 1 aromatic heterocycles. The van der Waals surface area contributed by atoms with E-state index in [9.17, 15) is 22.4 Å². The predicted molar refractivity (Wildman–Crippen MR) is 104 cm³/mol. The van der Waals surface area contributed by atoms with Crippen molar-refractivity contribution in [3.8, 4) is 0 Å². The van der Waals surface area contributed by atoms with Crippen LogP contribution in [0.25, 0.3) is 0 Å². The Morgan fingerprint density at radius 2 is 1.79 bits per heavy atom. The van der Waals surface area contributed by atoms with Gasteiger partial charge in [-0.25, -0.2) is 4.39 Å². The van der Waals surface area contributed by atoms with Crippen LogP contribution in [-0.4, -0.2) is 21.9 Å². The second kappa shape index (κ2) is 9.23. The summed E-state index contributed by atoms with van der Waals surface area (Å²) in [6.45, 7) is 0.425. The molecule has 2 N–H and O–H groups in total. The minimum absolute atomic E-state index is 0.112. The van der Waals surface area contributed by atoms with Crippen molar-refractivity contribution in [2.75, 3.05) is 16.4 Å². The zero-order valence-electron chi connectivity index (χ0n) is 14.7. The van der Waals surface area contributed by atoms with Crippen molar-refractivity contribution in [1.82, 2.24) is 10.2 Å². The molecule has 0 saturated carbocycles. The molecule has 1 amide bonds. The standard InChI is InChI=1S/C18H14F4N4OS2/c19-12-7-5-11(6-8-12)9-23-16-25-26-17(29-16)28-10-15(27)24-14-4-2-1-3-13(14)18(20,21)22/h1-8H,9-10H2,(H,23,25)(H,24,27). The molecule has 0 fully saturated rings. The third-order valence-corrected chi connectivity index (χ3v) is 5.61. The van der Waals surface area contributed by atoms with Crippen molar-refractivity contribution in [3.63, 3.8) is 0 Å². The quantitative estimate of drug-likeness (QED) is 0.397. The molecule has 152 valence electrons. The summed E-state index contributed by atoms with van der Waals surface area (Å²) in [4.78, 5) is 12.0. The molecule has 0 saturated heterocycles. The summed E-state index contributed by atoms with van der Waals surface area (Å²) in [5.74, 6) is -1.01. The third-order valence-electron chi connectivity index (χ3n) is 3.60. The van der Waals surface area contributed by atoms with E-state index in [0.29, 0.717) is 16.0 Å². The summed E-state index contributed by atoms with van der Waals surface area (Å²) in [7, 11) is 0. The van der Waals surface area contributed by atoms with Crippen LogP contribution >= 0.6 is 23.1 Å². The van der Waals surface area contributed by atoms with Gasteiger partial charge in [-0.15, -0.1) is 10.2 Å². The molecular formula is C18H14F4N4OS2. The summed E-state index contributed by atoms with van der Waals surface area (Å²) in [5, 5.41) is 13.7. The average Bonchev–Trinajstić information content (AvgIpc) is 3.13. The van der Waals surface area contributed by atoms with Crippen LogP contribution < -0.4 is 10.6 Å². The molecule has 0 atom stereocenters. The van der Waals surface area contributed by atoms with Gasteiger partial charge in [0.15, 0.2) is 4.34 Å². The van der Waals surface area contributed by atoms with E-state index in [1.54, 1.807) is 12.1 Å². The van der Waals surface area contributed by atoms with Gasteiger partial charge in [0.05, 0.1) is 17.0 Å². The molecule has 29 heavy (non-hydrogen) atoms. The van der Waals surface area contributed by atoms with Crippen LogP contribution in [0.15, 0.2) is 52.9 Å². The Balaban J connectivity index is 1.51. The Bertz CT molecular complexity index is 976. The number of nitrogens with zero attached hydrogens (tertiary/aromatic N) is 2. The van der Waals surface area contributed by atoms with Crippen LogP contribution in [0.4, 0.5) is 28.4 Å². The van der Waals surface area contributed by atoms with Crippen LogP contribution in [0.5, 0.6) is 0 Å². The molecule has 0 aliphatic rings. The molecule has 0 radical (unpaired) electrons. The van der Waals surface area contributed by atoms with E-state index in [1.807, 2.05) is 0 Å². The number of halogens is 4. The molecule has 2 aromatic carbocycles. The van der Waals surface area contributed by atoms with E-state index in [0.717, 1.165) is 23.4 Å². The van der Waals surface area contributed by atoms with Crippen LogP contribution in [-0.2, 0) is 17.5 Å². The smallest absolute Gasteiger partial charge is 0.356 e. The molecule has 0 unspecified atom stereocenters. The fourth-order valence-electron chi connectivity index (χ4n) is 2.27. The number of hydrogen-bond acceptors (Lipinski definition) is 6. The van der Waals surface area contributed by atoms with Crippen LogP contribution in [0, 0.1) is 5.82 Å². The molecule has 5 nitrogen and oxygen atoms in total. The number of para-hydroxylation sites is 1. The monoisotopic (exact) mass is 442 g/mol. The van der Waals surface area contributed by atoms with Gasteiger partial charge in [0.2, 0.25) is 11.0 Å². The highest BCUT2D eigenvalue weighted by Crippen LogP contribution is 2.34. The Morgan fingerprint density at radius 3 is 2.52 bits per heavy atom. The largest absolute Gasteiger partial charge is 0.418 e. The number of nitrogens with one attached hydrogen (secondary N) is 2. The van der Waals surface area contributed by atoms with Gasteiger partial charge in [-0.2, -0.15) is 13.2 Å². The van der Waals surface area contributed by atoms with E-state index in [-0.39, 0.29) is 17.3 Å². The number of benzene rings is 2. The minimum Gasteiger partial charge on any atom is -0.356 e. The first-order chi connectivity index (χ1) is 13.8. The zero-order valence-corrected chi connectivity index (χ0v) is 16.3. The molecule has 0 spiro atoms. The van der Waals surface area contributed by atoms with Gasteiger partial charge in [0.25, 0.3) is 0 Å². The maximum Gasteiger partial charge on any atom is 0.418 e. The SMILES string of the molecule is O=C(CSc1nnc(NCc2ccc(F)cc2)s1)Nc1ccccc1C(F)(F)F. The third kappa shape index (κ3) is 6.16. The number of aromatic nitrogens is 2. The average molecular weight is 442 g/mol. The van der Waals surface area contributed by atoms with Gasteiger partial charge in [-0.1, -0.05) is 47.4 Å². The first-order valence-corrected chi connectivity index (χ1v) is 10.0. The van der Waals surface area contributed by atoms with Crippen molar-refractivity contribution in [2.45, 2.75) is 17.1 Å². The number of carbonyl (C=O) groups is 1. The number of hydrogen-bond donors (Lipinski definition) is 2. The number of amides is 1. The number of rotatable bonds is 7. The van der Waals surface area contributed by atoms with Crippen molar-refractivity contribution in [3.05, 3.63) is 65.5 Å². The maximum atomic E-state index is 13.0. The molecule has 3 rings (SSSR count). The topological polar surface area (TPSA) is 66.9 Å². The lowest BCUT2D eigenvalue weighted by Gasteiger charge is -2.13. The number of carbonyl (C=O) groups excluding carboxylic acids is 1. The second-order valence-electron chi connectivity index (χ2n) is 5.73. The van der Waals surface area contributed by atoms with Gasteiger partial charge in [0.1, 0.15) is 5.82 Å². The van der Waals surface area contributed by atoms with Gasteiger partial charge in [-0.3, -0.25) is 4.79 Å². The molecule has 0 aliphatic carbocycles. The molecular weight excluding hydrogens is 428 g/mol. The number of alkyl halides is 3. The van der Waals surface area contributed by atoms with Crippen molar-refractivity contribution in [2.24, 2.45) is 0 Å². The molecule has 0 bridgehead atoms. The van der Waals surface area contributed by atoms with E-state index < -0.39 is 17.6 Å². The van der Waals surface area contributed by atoms with E-state index in [1.165, 1.54) is 41.7 Å². The Kier molecular flexibility index (Phi) is 6.70. The highest BCUT2D eigenvalue weighted by molar-refractivity contribution is 8.01. The van der Waals surface area contributed by atoms with Crippen LogP contribution in [0.3, 0.4) is 0 Å². The summed E-state index contributed by atoms with van der Waals surface area (Å²) < 4.78 is 52.3. The highest BCUT2D eigenvalue weighted by Gasteiger charge is 2.33. The fraction of sp³-hybridized carbons (Fsp3) is 0.167. The number of anilines is 2. The molecule has 11 heteroatoms. The van der Waals surface area contributed by atoms with Gasteiger partial charge in [0, 0.05) is 6.54 Å². The normalized spacial score (nSPS) is 11.3. The fourth-order valence-corrected chi connectivity index (χ4v) is 3.82. The van der Waals surface area contributed by atoms with E-state index >= 15 is 0 Å². The number of thioether (sulfide) groups is 1. The summed E-state index contributed by atoms with van der Waals surface area (Å²) in [6, 6.07) is 10.8.